The van der Waals surface area contributed by atoms with Crippen LogP contribution in [-0.4, -0.2) is 73.5 Å². The number of hydrogen-bond acceptors (Lipinski definition) is 4. The Morgan fingerprint density at radius 2 is 1.91 bits per heavy atom. The lowest BCUT2D eigenvalue weighted by Gasteiger charge is -2.47. The molecule has 0 aliphatic carbocycles. The van der Waals surface area contributed by atoms with Crippen LogP contribution in [0.25, 0.3) is 0 Å². The highest BCUT2D eigenvalue weighted by atomic mass is 16.5. The number of amides is 4. The summed E-state index contributed by atoms with van der Waals surface area (Å²) in [6, 6.07) is 15.4. The predicted molar refractivity (Wildman–Crippen MR) is 133 cm³/mol. The van der Waals surface area contributed by atoms with Gasteiger partial charge in [0, 0.05) is 56.4 Å². The third-order valence-electron chi connectivity index (χ3n) is 7.49. The molecule has 0 spiro atoms. The Hall–Kier alpha value is -3.55. The quantitative estimate of drug-likeness (QED) is 0.695. The molecular weight excluding hydrogens is 444 g/mol. The first kappa shape index (κ1) is 23.2. The third kappa shape index (κ3) is 4.83. The fraction of sp³-hybridized carbons (Fsp3) is 0.444. The summed E-state index contributed by atoms with van der Waals surface area (Å²) in [4.78, 5) is 43.8. The SMILES string of the molecule is COc1ccc(CCN2C(=O)CC[C@H]3CN(C(=O)c4cccc(N5CCNC5=O)c4)CC[C@H]32)cc1. The molecule has 3 aliphatic rings. The van der Waals surface area contributed by atoms with Crippen molar-refractivity contribution in [1.82, 2.24) is 15.1 Å². The number of methoxy groups -OCH3 is 1. The van der Waals surface area contributed by atoms with Gasteiger partial charge in [-0.15, -0.1) is 0 Å². The van der Waals surface area contributed by atoms with Crippen LogP contribution in [0.5, 0.6) is 5.75 Å². The molecule has 0 unspecified atom stereocenters. The summed E-state index contributed by atoms with van der Waals surface area (Å²) in [5.41, 5.74) is 2.53. The monoisotopic (exact) mass is 476 g/mol. The number of rotatable bonds is 6. The molecule has 2 aromatic carbocycles. The zero-order valence-corrected chi connectivity index (χ0v) is 20.1. The number of carbonyl (C=O) groups excluding carboxylic acids is 3. The number of likely N-dealkylation sites (tertiary alicyclic amines) is 2. The van der Waals surface area contributed by atoms with E-state index in [9.17, 15) is 14.4 Å². The molecule has 8 nitrogen and oxygen atoms in total. The van der Waals surface area contributed by atoms with Gasteiger partial charge in [0.05, 0.1) is 7.11 Å². The Morgan fingerprint density at radius 3 is 2.66 bits per heavy atom. The summed E-state index contributed by atoms with van der Waals surface area (Å²) >= 11 is 0. The predicted octanol–water partition coefficient (Wildman–Crippen LogP) is 2.92. The van der Waals surface area contributed by atoms with Crippen molar-refractivity contribution in [2.24, 2.45) is 5.92 Å². The molecule has 2 atom stereocenters. The second kappa shape index (κ2) is 9.98. The number of ether oxygens (including phenoxy) is 1. The van der Waals surface area contributed by atoms with Gasteiger partial charge in [0.2, 0.25) is 5.91 Å². The second-order valence-electron chi connectivity index (χ2n) is 9.53. The van der Waals surface area contributed by atoms with Crippen molar-refractivity contribution < 1.29 is 19.1 Å². The Balaban J connectivity index is 1.23. The molecule has 3 saturated heterocycles. The van der Waals surface area contributed by atoms with Crippen LogP contribution in [0.2, 0.25) is 0 Å². The van der Waals surface area contributed by atoms with Gasteiger partial charge >= 0.3 is 6.03 Å². The summed E-state index contributed by atoms with van der Waals surface area (Å²) < 4.78 is 5.23. The van der Waals surface area contributed by atoms with Crippen molar-refractivity contribution >= 4 is 23.5 Å². The smallest absolute Gasteiger partial charge is 0.321 e. The summed E-state index contributed by atoms with van der Waals surface area (Å²) in [5, 5.41) is 2.80. The van der Waals surface area contributed by atoms with Crippen molar-refractivity contribution in [3.63, 3.8) is 0 Å². The van der Waals surface area contributed by atoms with Crippen LogP contribution < -0.4 is 15.0 Å². The normalized spacial score (nSPS) is 22.1. The Morgan fingerprint density at radius 1 is 1.09 bits per heavy atom. The van der Waals surface area contributed by atoms with Crippen LogP contribution in [-0.2, 0) is 11.2 Å². The average molecular weight is 477 g/mol. The Labute approximate surface area is 205 Å². The molecule has 35 heavy (non-hydrogen) atoms. The third-order valence-corrected chi connectivity index (χ3v) is 7.49. The van der Waals surface area contributed by atoms with Gasteiger partial charge in [0.1, 0.15) is 5.75 Å². The molecule has 0 bridgehead atoms. The highest BCUT2D eigenvalue weighted by Gasteiger charge is 2.40. The molecule has 3 fully saturated rings. The lowest BCUT2D eigenvalue weighted by molar-refractivity contribution is -0.140. The summed E-state index contributed by atoms with van der Waals surface area (Å²) in [6.07, 6.45) is 2.95. The van der Waals surface area contributed by atoms with Crippen LogP contribution in [0, 0.1) is 5.92 Å². The highest BCUT2D eigenvalue weighted by molar-refractivity contribution is 5.98. The number of fused-ring (bicyclic) bond motifs is 1. The first-order valence-corrected chi connectivity index (χ1v) is 12.4. The molecule has 8 heteroatoms. The van der Waals surface area contributed by atoms with Crippen molar-refractivity contribution in [1.29, 1.82) is 0 Å². The molecule has 0 saturated carbocycles. The van der Waals surface area contributed by atoms with Gasteiger partial charge < -0.3 is 19.9 Å². The molecule has 3 heterocycles. The fourth-order valence-electron chi connectivity index (χ4n) is 5.58. The molecule has 0 aromatic heterocycles. The minimum atomic E-state index is -0.128. The molecule has 4 amide bonds. The minimum Gasteiger partial charge on any atom is -0.497 e. The van der Waals surface area contributed by atoms with E-state index in [0.29, 0.717) is 44.7 Å². The molecule has 1 N–H and O–H groups in total. The lowest BCUT2D eigenvalue weighted by atomic mass is 9.83. The first-order chi connectivity index (χ1) is 17.0. The largest absolute Gasteiger partial charge is 0.497 e. The van der Waals surface area contributed by atoms with Gasteiger partial charge in [-0.3, -0.25) is 14.5 Å². The van der Waals surface area contributed by atoms with Crippen LogP contribution in [0.1, 0.15) is 35.2 Å². The van der Waals surface area contributed by atoms with Gasteiger partial charge in [-0.1, -0.05) is 18.2 Å². The highest BCUT2D eigenvalue weighted by Crippen LogP contribution is 2.32. The summed E-state index contributed by atoms with van der Waals surface area (Å²) in [5.74, 6) is 1.32. The number of anilines is 1. The topological polar surface area (TPSA) is 82.2 Å². The summed E-state index contributed by atoms with van der Waals surface area (Å²) in [7, 11) is 1.65. The van der Waals surface area contributed by atoms with E-state index in [1.807, 2.05) is 58.3 Å². The maximum atomic E-state index is 13.3. The standard InChI is InChI=1S/C27H32N4O4/c1-35-23-8-5-19(6-9-23)11-15-31-24-12-14-29(18-21(24)7-10-25(31)32)26(33)20-3-2-4-22(17-20)30-16-13-28-27(30)34/h2-6,8-9,17,21,24H,7,10-16,18H2,1H3,(H,28,34)/t21-,24+/m0/s1. The molecule has 184 valence electrons. The number of hydrogen-bond donors (Lipinski definition) is 1. The van der Waals surface area contributed by atoms with Gasteiger partial charge in [0.15, 0.2) is 0 Å². The van der Waals surface area contributed by atoms with Crippen molar-refractivity contribution in [2.45, 2.75) is 31.7 Å². The van der Waals surface area contributed by atoms with Gasteiger partial charge in [-0.05, 0) is 61.1 Å². The van der Waals surface area contributed by atoms with E-state index >= 15 is 0 Å². The van der Waals surface area contributed by atoms with E-state index in [4.69, 9.17) is 4.74 Å². The maximum Gasteiger partial charge on any atom is 0.321 e. The Kier molecular flexibility index (Phi) is 6.61. The zero-order valence-electron chi connectivity index (χ0n) is 20.1. The van der Waals surface area contributed by atoms with Crippen LogP contribution in [0.4, 0.5) is 10.5 Å². The Bertz CT molecular complexity index is 1100. The van der Waals surface area contributed by atoms with Crippen molar-refractivity contribution in [3.8, 4) is 5.75 Å². The lowest BCUT2D eigenvalue weighted by Crippen LogP contribution is -2.57. The van der Waals surface area contributed by atoms with E-state index < -0.39 is 0 Å². The number of piperidine rings is 2. The zero-order chi connectivity index (χ0) is 24.4. The molecule has 3 aliphatic heterocycles. The number of nitrogens with one attached hydrogen (secondary N) is 1. The van der Waals surface area contributed by atoms with Crippen molar-refractivity contribution in [3.05, 3.63) is 59.7 Å². The number of carbonyl (C=O) groups is 3. The molecule has 0 radical (unpaired) electrons. The van der Waals surface area contributed by atoms with Gasteiger partial charge in [-0.2, -0.15) is 0 Å². The maximum absolute atomic E-state index is 13.3. The molecule has 5 rings (SSSR count). The van der Waals surface area contributed by atoms with E-state index in [1.165, 1.54) is 5.56 Å². The number of nitrogens with zero attached hydrogens (tertiary/aromatic N) is 3. The summed E-state index contributed by atoms with van der Waals surface area (Å²) in [6.45, 7) is 3.19. The first-order valence-electron chi connectivity index (χ1n) is 12.4. The van der Waals surface area contributed by atoms with E-state index in [-0.39, 0.29) is 29.8 Å². The van der Waals surface area contributed by atoms with Crippen LogP contribution in [0.15, 0.2) is 48.5 Å². The van der Waals surface area contributed by atoms with Crippen molar-refractivity contribution in [2.75, 3.05) is 44.7 Å². The van der Waals surface area contributed by atoms with Crippen LogP contribution in [0.3, 0.4) is 0 Å². The number of urea groups is 1. The van der Waals surface area contributed by atoms with E-state index in [2.05, 4.69) is 5.32 Å². The minimum absolute atomic E-state index is 0.00779. The van der Waals surface area contributed by atoms with E-state index in [1.54, 1.807) is 12.0 Å². The number of benzene rings is 2. The van der Waals surface area contributed by atoms with E-state index in [0.717, 1.165) is 30.7 Å². The molecular formula is C27H32N4O4. The fourth-order valence-corrected chi connectivity index (χ4v) is 5.58. The second-order valence-corrected chi connectivity index (χ2v) is 9.53. The molecule has 2 aromatic rings. The average Bonchev–Trinajstić information content (AvgIpc) is 3.33. The van der Waals surface area contributed by atoms with Gasteiger partial charge in [-0.25, -0.2) is 4.79 Å². The van der Waals surface area contributed by atoms with Gasteiger partial charge in [0.25, 0.3) is 5.91 Å². The van der Waals surface area contributed by atoms with Crippen LogP contribution >= 0.6 is 0 Å².